The van der Waals surface area contributed by atoms with E-state index in [0.29, 0.717) is 10.2 Å². The van der Waals surface area contributed by atoms with E-state index in [-0.39, 0.29) is 32.2 Å². The van der Waals surface area contributed by atoms with Gasteiger partial charge >= 0.3 is 0 Å². The number of nitrogens with zero attached hydrogens (tertiary/aromatic N) is 1. The highest BCUT2D eigenvalue weighted by Crippen LogP contribution is 2.34. The number of anilines is 1. The normalized spacial score (nSPS) is 10.2. The van der Waals surface area contributed by atoms with Gasteiger partial charge in [-0.1, -0.05) is 23.2 Å². The van der Waals surface area contributed by atoms with Crippen molar-refractivity contribution in [3.63, 3.8) is 0 Å². The van der Waals surface area contributed by atoms with Crippen molar-refractivity contribution in [2.24, 2.45) is 0 Å². The molecule has 0 fully saturated rings. The first kappa shape index (κ1) is 19.4. The van der Waals surface area contributed by atoms with Gasteiger partial charge in [0.05, 0.1) is 20.5 Å². The number of aromatic hydroxyl groups is 1. The van der Waals surface area contributed by atoms with E-state index in [1.165, 1.54) is 24.3 Å². The van der Waals surface area contributed by atoms with Crippen molar-refractivity contribution in [2.75, 3.05) is 5.32 Å². The van der Waals surface area contributed by atoms with Gasteiger partial charge in [-0.3, -0.25) is 20.2 Å². The third kappa shape index (κ3) is 4.79. The van der Waals surface area contributed by atoms with Gasteiger partial charge in [-0.25, -0.2) is 0 Å². The lowest BCUT2D eigenvalue weighted by Crippen LogP contribution is -2.34. The molecule has 2 aromatic carbocycles. The van der Waals surface area contributed by atoms with Gasteiger partial charge in [0.25, 0.3) is 11.6 Å². The fraction of sp³-hybridized carbons (Fsp3) is 0. The molecular formula is C14H8BrCl2N3O4S. The van der Waals surface area contributed by atoms with E-state index in [1.54, 1.807) is 0 Å². The molecule has 0 spiro atoms. The summed E-state index contributed by atoms with van der Waals surface area (Å²) in [6.07, 6.45) is 0. The average molecular weight is 465 g/mol. The van der Waals surface area contributed by atoms with E-state index in [9.17, 15) is 20.0 Å². The zero-order chi connectivity index (χ0) is 18.7. The topological polar surface area (TPSA) is 104 Å². The highest BCUT2D eigenvalue weighted by molar-refractivity contribution is 9.10. The van der Waals surface area contributed by atoms with Crippen molar-refractivity contribution >= 4 is 73.7 Å². The van der Waals surface area contributed by atoms with Crippen LogP contribution in [0.1, 0.15) is 10.4 Å². The molecule has 0 radical (unpaired) electrons. The van der Waals surface area contributed by atoms with Crippen LogP contribution in [0.25, 0.3) is 0 Å². The number of hydrogen-bond acceptors (Lipinski definition) is 5. The quantitative estimate of drug-likeness (QED) is 0.267. The van der Waals surface area contributed by atoms with Gasteiger partial charge < -0.3 is 10.4 Å². The number of carbonyl (C=O) groups is 1. The Kier molecular flexibility index (Phi) is 6.17. The van der Waals surface area contributed by atoms with Crippen LogP contribution in [0.5, 0.6) is 5.75 Å². The number of phenolic OH excluding ortho intramolecular Hbond substituents is 1. The van der Waals surface area contributed by atoms with Crippen LogP contribution < -0.4 is 10.6 Å². The largest absolute Gasteiger partial charge is 0.505 e. The summed E-state index contributed by atoms with van der Waals surface area (Å²) in [5, 5.41) is 25.3. The highest BCUT2D eigenvalue weighted by atomic mass is 79.9. The molecule has 11 heteroatoms. The number of carbonyl (C=O) groups excluding carboxylic acids is 1. The Balaban J connectivity index is 2.14. The number of rotatable bonds is 3. The molecule has 0 unspecified atom stereocenters. The highest BCUT2D eigenvalue weighted by Gasteiger charge is 2.17. The number of amides is 1. The number of nitro benzene ring substituents is 1. The van der Waals surface area contributed by atoms with Crippen LogP contribution in [0.2, 0.25) is 10.0 Å². The SMILES string of the molecule is O=C(NC(=S)Nc1cc(Cl)c(O)c(Cl)c1)c1cc([N+](=O)[O-])ccc1Br. The van der Waals surface area contributed by atoms with Crippen LogP contribution in [0.15, 0.2) is 34.8 Å². The molecule has 0 aromatic heterocycles. The second kappa shape index (κ2) is 7.96. The van der Waals surface area contributed by atoms with E-state index < -0.39 is 10.8 Å². The molecule has 0 bridgehead atoms. The number of phenols is 1. The van der Waals surface area contributed by atoms with E-state index in [1.807, 2.05) is 0 Å². The standard InChI is InChI=1S/C14H8BrCl2N3O4S/c15-9-2-1-7(20(23)24)5-8(9)13(22)19-14(25)18-6-3-10(16)12(21)11(17)4-6/h1-5,21H,(H2,18,19,22,25). The molecule has 130 valence electrons. The minimum absolute atomic E-state index is 0.00514. The Morgan fingerprint density at radius 3 is 2.40 bits per heavy atom. The van der Waals surface area contributed by atoms with Crippen molar-refractivity contribution < 1.29 is 14.8 Å². The lowest BCUT2D eigenvalue weighted by atomic mass is 10.2. The van der Waals surface area contributed by atoms with Crippen LogP contribution >= 0.6 is 51.3 Å². The first-order valence-electron chi connectivity index (χ1n) is 6.43. The summed E-state index contributed by atoms with van der Waals surface area (Å²) < 4.78 is 0.370. The first-order chi connectivity index (χ1) is 11.7. The molecule has 0 saturated heterocycles. The van der Waals surface area contributed by atoms with Gasteiger partial charge in [0.15, 0.2) is 10.9 Å². The van der Waals surface area contributed by atoms with Crippen LogP contribution in [0.4, 0.5) is 11.4 Å². The summed E-state index contributed by atoms with van der Waals surface area (Å²) in [5.41, 5.74) is 0.153. The summed E-state index contributed by atoms with van der Waals surface area (Å²) in [5.74, 6) is -0.923. The van der Waals surface area contributed by atoms with Crippen molar-refractivity contribution in [1.29, 1.82) is 0 Å². The third-order valence-corrected chi connectivity index (χ3v) is 4.38. The van der Waals surface area contributed by atoms with Crippen molar-refractivity contribution in [2.45, 2.75) is 0 Å². The molecular weight excluding hydrogens is 457 g/mol. The molecule has 7 nitrogen and oxygen atoms in total. The maximum atomic E-state index is 12.2. The first-order valence-corrected chi connectivity index (χ1v) is 8.39. The maximum absolute atomic E-state index is 12.2. The molecule has 0 aliphatic rings. The molecule has 25 heavy (non-hydrogen) atoms. The van der Waals surface area contributed by atoms with Crippen LogP contribution in [-0.2, 0) is 0 Å². The van der Waals surface area contributed by atoms with Gasteiger partial charge in [0.2, 0.25) is 0 Å². The Bertz CT molecular complexity index is 871. The van der Waals surface area contributed by atoms with E-state index in [2.05, 4.69) is 26.6 Å². The second-order valence-corrected chi connectivity index (χ2v) is 6.69. The predicted molar refractivity (Wildman–Crippen MR) is 103 cm³/mol. The zero-order valence-electron chi connectivity index (χ0n) is 12.0. The molecule has 0 atom stereocenters. The van der Waals surface area contributed by atoms with Gasteiger partial charge in [0.1, 0.15) is 0 Å². The number of non-ortho nitro benzene ring substituents is 1. The Morgan fingerprint density at radius 1 is 1.24 bits per heavy atom. The van der Waals surface area contributed by atoms with Gasteiger partial charge in [-0.15, -0.1) is 0 Å². The zero-order valence-corrected chi connectivity index (χ0v) is 16.0. The minimum atomic E-state index is -0.649. The smallest absolute Gasteiger partial charge is 0.270 e. The van der Waals surface area contributed by atoms with Crippen molar-refractivity contribution in [3.05, 3.63) is 60.5 Å². The summed E-state index contributed by atoms with van der Waals surface area (Å²) >= 11 is 19.8. The fourth-order valence-electron chi connectivity index (χ4n) is 1.77. The Labute approximate surface area is 165 Å². The fourth-order valence-corrected chi connectivity index (χ4v) is 2.90. The minimum Gasteiger partial charge on any atom is -0.505 e. The summed E-state index contributed by atoms with van der Waals surface area (Å²) in [4.78, 5) is 22.5. The number of thiocarbonyl (C=S) groups is 1. The van der Waals surface area contributed by atoms with Crippen LogP contribution in [0, 0.1) is 10.1 Å². The van der Waals surface area contributed by atoms with E-state index in [0.717, 1.165) is 6.07 Å². The lowest BCUT2D eigenvalue weighted by Gasteiger charge is -2.11. The summed E-state index contributed by atoms with van der Waals surface area (Å²) in [6, 6.07) is 6.51. The lowest BCUT2D eigenvalue weighted by molar-refractivity contribution is -0.384. The van der Waals surface area contributed by atoms with Crippen molar-refractivity contribution in [1.82, 2.24) is 5.32 Å². The molecule has 0 aliphatic heterocycles. The number of benzene rings is 2. The van der Waals surface area contributed by atoms with Gasteiger partial charge in [-0.05, 0) is 46.3 Å². The number of halogens is 3. The van der Waals surface area contributed by atoms with E-state index >= 15 is 0 Å². The van der Waals surface area contributed by atoms with E-state index in [4.69, 9.17) is 35.4 Å². The Hall–Kier alpha value is -1.94. The Morgan fingerprint density at radius 2 is 1.84 bits per heavy atom. The van der Waals surface area contributed by atoms with Crippen LogP contribution in [0.3, 0.4) is 0 Å². The molecule has 1 amide bonds. The summed E-state index contributed by atoms with van der Waals surface area (Å²) in [7, 11) is 0. The summed E-state index contributed by atoms with van der Waals surface area (Å²) in [6.45, 7) is 0. The van der Waals surface area contributed by atoms with Crippen LogP contribution in [-0.4, -0.2) is 21.0 Å². The third-order valence-electron chi connectivity index (χ3n) is 2.91. The maximum Gasteiger partial charge on any atom is 0.270 e. The average Bonchev–Trinajstić information content (AvgIpc) is 2.52. The molecule has 3 N–H and O–H groups in total. The number of hydrogen-bond donors (Lipinski definition) is 3. The number of nitro groups is 1. The van der Waals surface area contributed by atoms with Crippen molar-refractivity contribution in [3.8, 4) is 5.75 Å². The van der Waals surface area contributed by atoms with Gasteiger partial charge in [-0.2, -0.15) is 0 Å². The second-order valence-electron chi connectivity index (χ2n) is 4.62. The monoisotopic (exact) mass is 463 g/mol. The molecule has 0 saturated carbocycles. The molecule has 0 aliphatic carbocycles. The molecule has 0 heterocycles. The molecule has 2 rings (SSSR count). The number of nitrogens with one attached hydrogen (secondary N) is 2. The molecule has 2 aromatic rings. The predicted octanol–water partition coefficient (Wildman–Crippen LogP) is 4.50. The van der Waals surface area contributed by atoms with Gasteiger partial charge in [0, 0.05) is 22.3 Å².